The largest absolute Gasteiger partial charge is 0.493 e. The molecule has 1 N–H and O–H groups in total. The Morgan fingerprint density at radius 1 is 1.18 bits per heavy atom. The Hall–Kier alpha value is -4.19. The maximum absolute atomic E-state index is 12.0. The van der Waals surface area contributed by atoms with Crippen LogP contribution in [0.25, 0.3) is 0 Å². The molecule has 3 rings (SSSR count). The number of carbonyl (C=O) groups is 2. The van der Waals surface area contributed by atoms with Gasteiger partial charge in [-0.2, -0.15) is 5.10 Å². The molecule has 0 aliphatic rings. The summed E-state index contributed by atoms with van der Waals surface area (Å²) < 4.78 is 21.1. The Labute approximate surface area is 195 Å². The molecule has 11 nitrogen and oxygen atoms in total. The fraction of sp³-hybridized carbons (Fsp3) is 0.0952. The van der Waals surface area contributed by atoms with Gasteiger partial charge < -0.3 is 18.6 Å². The fourth-order valence-electron chi connectivity index (χ4n) is 2.47. The average molecular weight is 518 g/mol. The van der Waals surface area contributed by atoms with E-state index in [2.05, 4.69) is 26.5 Å². The Kier molecular flexibility index (Phi) is 7.76. The summed E-state index contributed by atoms with van der Waals surface area (Å²) in [5.74, 6) is -0.449. The summed E-state index contributed by atoms with van der Waals surface area (Å²) in [4.78, 5) is 34.2. The van der Waals surface area contributed by atoms with Gasteiger partial charge in [0.2, 0.25) is 5.76 Å². The van der Waals surface area contributed by atoms with Gasteiger partial charge in [0.25, 0.3) is 11.6 Å². The molecule has 0 aliphatic heterocycles. The topological polar surface area (TPSA) is 142 Å². The normalized spacial score (nSPS) is 10.6. The van der Waals surface area contributed by atoms with Crippen LogP contribution in [0.2, 0.25) is 0 Å². The highest BCUT2D eigenvalue weighted by molar-refractivity contribution is 9.10. The molecule has 12 heteroatoms. The number of carbonyl (C=O) groups excluding carboxylic acids is 2. The molecule has 0 aliphatic carbocycles. The zero-order valence-corrected chi connectivity index (χ0v) is 18.6. The molecular weight excluding hydrogens is 502 g/mol. The molecule has 0 radical (unpaired) electrons. The maximum atomic E-state index is 12.0. The van der Waals surface area contributed by atoms with Crippen molar-refractivity contribution in [1.82, 2.24) is 5.43 Å². The minimum absolute atomic E-state index is 0.0494. The van der Waals surface area contributed by atoms with Gasteiger partial charge in [-0.25, -0.2) is 10.2 Å². The number of furan rings is 1. The third kappa shape index (κ3) is 6.40. The van der Waals surface area contributed by atoms with Crippen molar-refractivity contribution in [2.45, 2.75) is 0 Å². The highest BCUT2D eigenvalue weighted by Gasteiger charge is 2.15. The lowest BCUT2D eigenvalue weighted by molar-refractivity contribution is -0.384. The Balaban J connectivity index is 1.54. The van der Waals surface area contributed by atoms with Gasteiger partial charge in [0.1, 0.15) is 5.75 Å². The van der Waals surface area contributed by atoms with Gasteiger partial charge in [-0.1, -0.05) is 0 Å². The lowest BCUT2D eigenvalue weighted by Crippen LogP contribution is -2.24. The monoisotopic (exact) mass is 517 g/mol. The number of benzene rings is 2. The molecule has 0 atom stereocenters. The van der Waals surface area contributed by atoms with Gasteiger partial charge in [-0.05, 0) is 57.9 Å². The number of non-ortho nitro benzene ring substituents is 1. The van der Waals surface area contributed by atoms with Crippen molar-refractivity contribution in [3.8, 4) is 17.2 Å². The van der Waals surface area contributed by atoms with Crippen LogP contribution in [-0.4, -0.2) is 36.7 Å². The van der Waals surface area contributed by atoms with Crippen molar-refractivity contribution in [3.63, 3.8) is 0 Å². The number of ether oxygens (including phenoxy) is 3. The first-order valence-corrected chi connectivity index (χ1v) is 9.99. The minimum Gasteiger partial charge on any atom is -0.493 e. The van der Waals surface area contributed by atoms with Gasteiger partial charge in [0, 0.05) is 12.1 Å². The molecule has 1 heterocycles. The lowest BCUT2D eigenvalue weighted by atomic mass is 10.2. The van der Waals surface area contributed by atoms with Gasteiger partial charge in [0.05, 0.1) is 29.0 Å². The first-order valence-electron chi connectivity index (χ1n) is 9.19. The zero-order valence-electron chi connectivity index (χ0n) is 17.0. The van der Waals surface area contributed by atoms with Gasteiger partial charge in [-0.3, -0.25) is 14.9 Å². The van der Waals surface area contributed by atoms with Crippen molar-refractivity contribution in [2.75, 3.05) is 13.7 Å². The van der Waals surface area contributed by atoms with Crippen LogP contribution in [0.4, 0.5) is 5.69 Å². The number of nitrogens with one attached hydrogen (secondary N) is 1. The number of halogens is 1. The van der Waals surface area contributed by atoms with Crippen LogP contribution in [0, 0.1) is 10.1 Å². The highest BCUT2D eigenvalue weighted by Crippen LogP contribution is 2.29. The van der Waals surface area contributed by atoms with Crippen LogP contribution in [0.3, 0.4) is 0 Å². The zero-order chi connectivity index (χ0) is 23.8. The molecule has 1 aromatic heterocycles. The van der Waals surface area contributed by atoms with Crippen LogP contribution >= 0.6 is 15.9 Å². The Bertz CT molecular complexity index is 1190. The number of esters is 1. The quantitative estimate of drug-likeness (QED) is 0.149. The summed E-state index contributed by atoms with van der Waals surface area (Å²) in [6, 6.07) is 11.6. The number of nitro groups is 1. The second-order valence-electron chi connectivity index (χ2n) is 6.23. The van der Waals surface area contributed by atoms with E-state index in [-0.39, 0.29) is 35.3 Å². The number of nitrogens with zero attached hydrogens (tertiary/aromatic N) is 2. The van der Waals surface area contributed by atoms with Crippen molar-refractivity contribution < 1.29 is 33.1 Å². The molecular formula is C21H16BrN3O8. The van der Waals surface area contributed by atoms with Crippen LogP contribution in [0.5, 0.6) is 17.2 Å². The standard InChI is InChI=1S/C21H16BrN3O8/c1-30-19-9-13(4-6-17(19)33-21(27)18-3-2-8-31-18)11-23-24-20(26)12-32-16-7-5-14(25(28)29)10-15(16)22/h2-11H,12H2,1H3,(H,24,26)/b23-11+. The molecule has 0 saturated carbocycles. The molecule has 170 valence electrons. The van der Waals surface area contributed by atoms with Crippen molar-refractivity contribution >= 4 is 39.7 Å². The highest BCUT2D eigenvalue weighted by atomic mass is 79.9. The van der Waals surface area contributed by atoms with Gasteiger partial charge >= 0.3 is 5.97 Å². The summed E-state index contributed by atoms with van der Waals surface area (Å²) >= 11 is 3.15. The number of hydrogen-bond donors (Lipinski definition) is 1. The number of hydrazone groups is 1. The van der Waals surface area contributed by atoms with Crippen LogP contribution in [0.1, 0.15) is 16.1 Å². The van der Waals surface area contributed by atoms with Crippen LogP contribution < -0.4 is 19.6 Å². The Morgan fingerprint density at radius 2 is 1.97 bits per heavy atom. The minimum atomic E-state index is -0.674. The van der Waals surface area contributed by atoms with Crippen LogP contribution in [0.15, 0.2) is 68.8 Å². The van der Waals surface area contributed by atoms with Crippen molar-refractivity contribution in [3.05, 3.63) is 80.7 Å². The average Bonchev–Trinajstić information content (AvgIpc) is 3.34. The summed E-state index contributed by atoms with van der Waals surface area (Å²) in [5, 5.41) is 14.6. The van der Waals surface area contributed by atoms with Crippen LogP contribution in [-0.2, 0) is 4.79 Å². The van der Waals surface area contributed by atoms with E-state index in [0.29, 0.717) is 10.0 Å². The van der Waals surface area contributed by atoms with E-state index in [1.54, 1.807) is 18.2 Å². The smallest absolute Gasteiger partial charge is 0.379 e. The predicted octanol–water partition coefficient (Wildman–Crippen LogP) is 3.71. The summed E-state index contributed by atoms with van der Waals surface area (Å²) in [7, 11) is 1.41. The van der Waals surface area contributed by atoms with Gasteiger partial charge in [-0.15, -0.1) is 0 Å². The first-order chi connectivity index (χ1) is 15.9. The van der Waals surface area contributed by atoms with E-state index in [1.165, 1.54) is 49.9 Å². The first kappa shape index (κ1) is 23.5. The molecule has 1 amide bonds. The fourth-order valence-corrected chi connectivity index (χ4v) is 2.95. The molecule has 3 aromatic rings. The van der Waals surface area contributed by atoms with Crippen molar-refractivity contribution in [2.24, 2.45) is 5.10 Å². The summed E-state index contributed by atoms with van der Waals surface area (Å²) in [6.45, 7) is -0.362. The second kappa shape index (κ2) is 10.9. The van der Waals surface area contributed by atoms with E-state index < -0.39 is 16.8 Å². The van der Waals surface area contributed by atoms with E-state index in [4.69, 9.17) is 18.6 Å². The molecule has 0 bridgehead atoms. The third-order valence-electron chi connectivity index (χ3n) is 4.00. The van der Waals surface area contributed by atoms with Gasteiger partial charge in [0.15, 0.2) is 18.1 Å². The number of hydrogen-bond acceptors (Lipinski definition) is 9. The Morgan fingerprint density at radius 3 is 2.64 bits per heavy atom. The number of amides is 1. The summed E-state index contributed by atoms with van der Waals surface area (Å²) in [5.41, 5.74) is 2.75. The number of nitro benzene ring substituents is 1. The van der Waals surface area contributed by atoms with Crippen molar-refractivity contribution in [1.29, 1.82) is 0 Å². The molecule has 0 spiro atoms. The van der Waals surface area contributed by atoms with E-state index in [9.17, 15) is 19.7 Å². The molecule has 0 unspecified atom stereocenters. The number of rotatable bonds is 9. The third-order valence-corrected chi connectivity index (χ3v) is 4.62. The SMILES string of the molecule is COc1cc(/C=N/NC(=O)COc2ccc([N+](=O)[O-])cc2Br)ccc1OC(=O)c1ccco1. The molecule has 0 saturated heterocycles. The second-order valence-corrected chi connectivity index (χ2v) is 7.09. The van der Waals surface area contributed by atoms with E-state index in [1.807, 2.05) is 0 Å². The molecule has 0 fully saturated rings. The van der Waals surface area contributed by atoms with E-state index in [0.717, 1.165) is 0 Å². The van der Waals surface area contributed by atoms with E-state index >= 15 is 0 Å². The molecule has 2 aromatic carbocycles. The molecule has 33 heavy (non-hydrogen) atoms. The maximum Gasteiger partial charge on any atom is 0.379 e. The lowest BCUT2D eigenvalue weighted by Gasteiger charge is -2.09. The summed E-state index contributed by atoms with van der Waals surface area (Å²) in [6.07, 6.45) is 2.72. The number of methoxy groups -OCH3 is 1. The predicted molar refractivity (Wildman–Crippen MR) is 119 cm³/mol.